The number of nitrogen functional groups attached to an aromatic ring is 1. The first-order valence-electron chi connectivity index (χ1n) is 11.7. The maximum atomic E-state index is 14.0. The first-order valence-corrected chi connectivity index (χ1v) is 13.9. The summed E-state index contributed by atoms with van der Waals surface area (Å²) in [5.41, 5.74) is 6.02. The van der Waals surface area contributed by atoms with E-state index in [1.165, 1.54) is 16.6 Å². The molecule has 0 radical (unpaired) electrons. The highest BCUT2D eigenvalue weighted by molar-refractivity contribution is 7.89. The van der Waals surface area contributed by atoms with Crippen LogP contribution in [0.4, 0.5) is 19.7 Å². The molecule has 37 heavy (non-hydrogen) atoms. The van der Waals surface area contributed by atoms with E-state index in [0.717, 1.165) is 42.1 Å². The number of carbonyl (C=O) groups excluding carboxylic acids is 1. The van der Waals surface area contributed by atoms with Crippen LogP contribution in [-0.4, -0.2) is 73.1 Å². The zero-order chi connectivity index (χ0) is 26.7. The number of anilines is 2. The summed E-state index contributed by atoms with van der Waals surface area (Å²) in [7, 11) is 0.254. The van der Waals surface area contributed by atoms with Crippen LogP contribution in [0.25, 0.3) is 0 Å². The van der Waals surface area contributed by atoms with Crippen LogP contribution < -0.4 is 11.1 Å². The summed E-state index contributed by atoms with van der Waals surface area (Å²) in [4.78, 5) is 23.3. The van der Waals surface area contributed by atoms with Gasteiger partial charge in [0.2, 0.25) is 15.8 Å². The van der Waals surface area contributed by atoms with Crippen LogP contribution in [0, 0.1) is 11.6 Å². The average Bonchev–Trinajstić information content (AvgIpc) is 3.23. The maximum absolute atomic E-state index is 14.0. The predicted octanol–water partition coefficient (Wildman–Crippen LogP) is 3.00. The number of rotatable bonds is 9. The predicted molar refractivity (Wildman–Crippen MR) is 138 cm³/mol. The zero-order valence-electron chi connectivity index (χ0n) is 20.4. The van der Waals surface area contributed by atoms with E-state index in [1.807, 2.05) is 19.0 Å². The van der Waals surface area contributed by atoms with E-state index in [1.54, 1.807) is 12.1 Å². The third-order valence-corrected chi connectivity index (χ3v) is 8.96. The molecular weight excluding hydrogens is 522 g/mol. The van der Waals surface area contributed by atoms with Gasteiger partial charge in [-0.05, 0) is 51.2 Å². The number of hydrogen-bond acceptors (Lipinski definition) is 9. The van der Waals surface area contributed by atoms with E-state index >= 15 is 0 Å². The van der Waals surface area contributed by atoms with Crippen LogP contribution in [0.2, 0.25) is 0 Å². The van der Waals surface area contributed by atoms with Crippen molar-refractivity contribution in [1.29, 1.82) is 0 Å². The van der Waals surface area contributed by atoms with Crippen molar-refractivity contribution in [2.45, 2.75) is 30.2 Å². The molecule has 198 valence electrons. The smallest absolute Gasteiger partial charge is 0.244 e. The number of likely N-dealkylation sites (N-methyl/N-ethyl adjacent to an activating group) is 1. The molecule has 1 fully saturated rings. The molecule has 0 amide bonds. The minimum Gasteiger partial charge on any atom is -0.382 e. The van der Waals surface area contributed by atoms with Crippen molar-refractivity contribution in [2.75, 3.05) is 44.8 Å². The SMILES string of the molecule is CN(C)CCc1ccc(S(=O)(=O)N2CCC(Nc3nc(N)c(C(=O)c4c(F)cccc4F)s3)CC2)cn1. The minimum absolute atomic E-state index is 0.0620. The molecule has 0 atom stereocenters. The van der Waals surface area contributed by atoms with E-state index in [9.17, 15) is 22.0 Å². The first-order chi connectivity index (χ1) is 17.6. The number of ketones is 1. The van der Waals surface area contributed by atoms with Crippen molar-refractivity contribution in [3.8, 4) is 0 Å². The molecule has 0 unspecified atom stereocenters. The Kier molecular flexibility index (Phi) is 8.17. The molecule has 0 spiro atoms. The Hall–Kier alpha value is -3.00. The summed E-state index contributed by atoms with van der Waals surface area (Å²) < 4.78 is 55.7. The maximum Gasteiger partial charge on any atom is 0.244 e. The van der Waals surface area contributed by atoms with Gasteiger partial charge in [0.15, 0.2) is 5.13 Å². The van der Waals surface area contributed by atoms with Crippen molar-refractivity contribution in [2.24, 2.45) is 0 Å². The van der Waals surface area contributed by atoms with E-state index in [2.05, 4.69) is 15.3 Å². The average molecular weight is 551 g/mol. The highest BCUT2D eigenvalue weighted by Gasteiger charge is 2.31. The Bertz CT molecular complexity index is 1350. The second-order valence-corrected chi connectivity index (χ2v) is 12.0. The number of benzene rings is 1. The number of sulfonamides is 1. The van der Waals surface area contributed by atoms with Gasteiger partial charge in [0.1, 0.15) is 27.2 Å². The van der Waals surface area contributed by atoms with Gasteiger partial charge in [-0.25, -0.2) is 22.2 Å². The molecule has 1 aromatic carbocycles. The largest absolute Gasteiger partial charge is 0.382 e. The normalized spacial score (nSPS) is 15.3. The zero-order valence-corrected chi connectivity index (χ0v) is 22.1. The van der Waals surface area contributed by atoms with Gasteiger partial charge in [-0.1, -0.05) is 17.4 Å². The Morgan fingerprint density at radius 2 is 1.86 bits per heavy atom. The Labute approximate surface area is 218 Å². The number of aromatic nitrogens is 2. The highest BCUT2D eigenvalue weighted by atomic mass is 32.2. The number of carbonyl (C=O) groups is 1. The van der Waals surface area contributed by atoms with Gasteiger partial charge in [-0.15, -0.1) is 0 Å². The lowest BCUT2D eigenvalue weighted by atomic mass is 10.1. The lowest BCUT2D eigenvalue weighted by Gasteiger charge is -2.31. The second kappa shape index (κ2) is 11.2. The van der Waals surface area contributed by atoms with Gasteiger partial charge in [0.25, 0.3) is 0 Å². The fraction of sp³-hybridized carbons (Fsp3) is 0.375. The minimum atomic E-state index is -3.68. The summed E-state index contributed by atoms with van der Waals surface area (Å²) >= 11 is 0.910. The van der Waals surface area contributed by atoms with E-state index < -0.39 is 33.0 Å². The molecule has 3 heterocycles. The molecule has 4 rings (SSSR count). The molecule has 2 aromatic heterocycles. The molecule has 1 aliphatic rings. The Balaban J connectivity index is 1.37. The van der Waals surface area contributed by atoms with Gasteiger partial charge >= 0.3 is 0 Å². The summed E-state index contributed by atoms with van der Waals surface area (Å²) in [5.74, 6) is -2.94. The second-order valence-electron chi connectivity index (χ2n) is 9.02. The molecule has 1 aliphatic heterocycles. The molecule has 3 N–H and O–H groups in total. The molecule has 13 heteroatoms. The van der Waals surface area contributed by atoms with Crippen LogP contribution in [0.1, 0.15) is 33.8 Å². The van der Waals surface area contributed by atoms with Crippen LogP contribution in [0.15, 0.2) is 41.4 Å². The topological polar surface area (TPSA) is 122 Å². The van der Waals surface area contributed by atoms with E-state index in [-0.39, 0.29) is 34.7 Å². The first kappa shape index (κ1) is 27.0. The van der Waals surface area contributed by atoms with Crippen LogP contribution in [0.3, 0.4) is 0 Å². The summed E-state index contributed by atoms with van der Waals surface area (Å²) in [6.45, 7) is 1.39. The van der Waals surface area contributed by atoms with Gasteiger partial charge < -0.3 is 16.0 Å². The number of hydrogen-bond donors (Lipinski definition) is 2. The van der Waals surface area contributed by atoms with Crippen LogP contribution >= 0.6 is 11.3 Å². The van der Waals surface area contributed by atoms with Crippen molar-refractivity contribution >= 4 is 38.1 Å². The fourth-order valence-corrected chi connectivity index (χ4v) is 6.32. The molecule has 0 aliphatic carbocycles. The number of nitrogens with one attached hydrogen (secondary N) is 1. The monoisotopic (exact) mass is 550 g/mol. The van der Waals surface area contributed by atoms with E-state index in [4.69, 9.17) is 5.73 Å². The van der Waals surface area contributed by atoms with Gasteiger partial charge in [-0.2, -0.15) is 4.31 Å². The third-order valence-electron chi connectivity index (χ3n) is 6.08. The van der Waals surface area contributed by atoms with Crippen LogP contribution in [0.5, 0.6) is 0 Å². The van der Waals surface area contributed by atoms with Crippen molar-refractivity contribution < 1.29 is 22.0 Å². The number of nitrogens with two attached hydrogens (primary N) is 1. The number of halogens is 2. The van der Waals surface area contributed by atoms with Gasteiger partial charge in [-0.3, -0.25) is 9.78 Å². The number of pyridine rings is 1. The van der Waals surface area contributed by atoms with Gasteiger partial charge in [0, 0.05) is 44.0 Å². The highest BCUT2D eigenvalue weighted by Crippen LogP contribution is 2.31. The summed E-state index contributed by atoms with van der Waals surface area (Å²) in [6.07, 6.45) is 3.13. The quantitative estimate of drug-likeness (QED) is 0.390. The fourth-order valence-electron chi connectivity index (χ4n) is 4.00. The van der Waals surface area contributed by atoms with Gasteiger partial charge in [0.05, 0.1) is 5.56 Å². The molecule has 1 saturated heterocycles. The van der Waals surface area contributed by atoms with Crippen molar-refractivity contribution in [3.63, 3.8) is 0 Å². The summed E-state index contributed by atoms with van der Waals surface area (Å²) in [5, 5.41) is 3.50. The summed E-state index contributed by atoms with van der Waals surface area (Å²) in [6, 6.07) is 6.40. The standard InChI is InChI=1S/C24H28F2N6O3S2/c1-31(2)11-8-15-6-7-17(14-28-15)37(34,35)32-12-9-16(10-13-32)29-24-30-23(27)22(36-24)21(33)20-18(25)4-3-5-19(20)26/h3-7,14,16H,8-13,27H2,1-2H3,(H,29,30). The van der Waals surface area contributed by atoms with Crippen LogP contribution in [-0.2, 0) is 16.4 Å². The van der Waals surface area contributed by atoms with Crippen molar-refractivity contribution in [1.82, 2.24) is 19.2 Å². The Morgan fingerprint density at radius 3 is 2.46 bits per heavy atom. The number of piperidine rings is 1. The lowest BCUT2D eigenvalue weighted by Crippen LogP contribution is -2.42. The Morgan fingerprint density at radius 1 is 1.19 bits per heavy atom. The molecule has 0 saturated carbocycles. The molecule has 0 bridgehead atoms. The van der Waals surface area contributed by atoms with E-state index in [0.29, 0.717) is 18.0 Å². The number of thiazole rings is 1. The molecule has 3 aromatic rings. The third kappa shape index (κ3) is 6.12. The van der Waals surface area contributed by atoms with Crippen molar-refractivity contribution in [3.05, 3.63) is 64.3 Å². The molecule has 9 nitrogen and oxygen atoms in total. The number of nitrogens with zero attached hydrogens (tertiary/aromatic N) is 4. The lowest BCUT2D eigenvalue weighted by molar-refractivity contribution is 0.103. The molecular formula is C24H28F2N6O3S2.